The molecule has 1 atom stereocenters. The molecule has 0 saturated carbocycles. The fourth-order valence-corrected chi connectivity index (χ4v) is 4.73. The first-order chi connectivity index (χ1) is 17.4. The standard InChI is InChI=1S/C28H27FN4O3/c1-4-27(34)31-13-11-21(17-31)33-24-10-12-30-16-25(24)32(28(33)35)20-8-9-26(23(29)15-20)36-22-7-5-6-19(14-22)18(2)3/h4-10,12,14-16,18,21H,1,11,13,17H2,2-3H3/t21-/m1/s1. The van der Waals surface area contributed by atoms with Gasteiger partial charge in [-0.15, -0.1) is 0 Å². The molecule has 0 N–H and O–H groups in total. The summed E-state index contributed by atoms with van der Waals surface area (Å²) in [7, 11) is 0. The second-order valence-corrected chi connectivity index (χ2v) is 9.23. The Labute approximate surface area is 208 Å². The summed E-state index contributed by atoms with van der Waals surface area (Å²) in [5, 5.41) is 0. The van der Waals surface area contributed by atoms with Crippen LogP contribution in [0.5, 0.6) is 11.5 Å². The number of carbonyl (C=O) groups is 1. The fraction of sp³-hybridized carbons (Fsp3) is 0.250. The molecule has 1 aliphatic rings. The number of benzene rings is 2. The van der Waals surface area contributed by atoms with E-state index in [9.17, 15) is 9.59 Å². The third-order valence-electron chi connectivity index (χ3n) is 6.62. The van der Waals surface area contributed by atoms with Crippen molar-refractivity contribution in [3.63, 3.8) is 0 Å². The average Bonchev–Trinajstić information content (AvgIpc) is 3.47. The molecule has 0 spiro atoms. The van der Waals surface area contributed by atoms with Crippen LogP contribution in [0.2, 0.25) is 0 Å². The summed E-state index contributed by atoms with van der Waals surface area (Å²) < 4.78 is 24.1. The van der Waals surface area contributed by atoms with Gasteiger partial charge in [0.2, 0.25) is 5.91 Å². The first kappa shape index (κ1) is 23.5. The lowest BCUT2D eigenvalue weighted by Crippen LogP contribution is -2.31. The summed E-state index contributed by atoms with van der Waals surface area (Å²) in [6, 6.07) is 13.6. The van der Waals surface area contributed by atoms with E-state index in [0.717, 1.165) is 5.56 Å². The van der Waals surface area contributed by atoms with Gasteiger partial charge >= 0.3 is 5.69 Å². The number of aromatic nitrogens is 3. The summed E-state index contributed by atoms with van der Waals surface area (Å²) in [5.74, 6) is 0.199. The molecule has 0 bridgehead atoms. The van der Waals surface area contributed by atoms with Gasteiger partial charge in [0.15, 0.2) is 11.6 Å². The van der Waals surface area contributed by atoms with E-state index in [1.807, 2.05) is 18.2 Å². The van der Waals surface area contributed by atoms with Gasteiger partial charge in [-0.05, 0) is 54.3 Å². The van der Waals surface area contributed by atoms with E-state index >= 15 is 4.39 Å². The lowest BCUT2D eigenvalue weighted by Gasteiger charge is -2.15. The number of halogens is 1. The normalized spacial score (nSPS) is 15.6. The Morgan fingerprint density at radius 1 is 1.19 bits per heavy atom. The number of fused-ring (bicyclic) bond motifs is 1. The van der Waals surface area contributed by atoms with Crippen LogP contribution in [0.1, 0.15) is 37.8 Å². The molecule has 0 aliphatic carbocycles. The van der Waals surface area contributed by atoms with E-state index in [-0.39, 0.29) is 23.4 Å². The predicted octanol–water partition coefficient (Wildman–Crippen LogP) is 5.20. The lowest BCUT2D eigenvalue weighted by atomic mass is 10.0. The Bertz CT molecular complexity index is 1520. The molecular weight excluding hydrogens is 459 g/mol. The van der Waals surface area contributed by atoms with Gasteiger partial charge in [0, 0.05) is 25.4 Å². The van der Waals surface area contributed by atoms with E-state index < -0.39 is 5.82 Å². The molecule has 2 aromatic carbocycles. The van der Waals surface area contributed by atoms with Gasteiger partial charge in [-0.25, -0.2) is 9.18 Å². The molecule has 1 saturated heterocycles. The van der Waals surface area contributed by atoms with Crippen molar-refractivity contribution in [3.05, 3.63) is 95.4 Å². The molecule has 2 aromatic heterocycles. The molecule has 184 valence electrons. The molecule has 3 heterocycles. The predicted molar refractivity (Wildman–Crippen MR) is 136 cm³/mol. The van der Waals surface area contributed by atoms with Gasteiger partial charge in [0.05, 0.1) is 29.0 Å². The largest absolute Gasteiger partial charge is 0.454 e. The van der Waals surface area contributed by atoms with Crippen LogP contribution in [0.15, 0.2) is 78.4 Å². The molecule has 8 heteroatoms. The quantitative estimate of drug-likeness (QED) is 0.351. The molecule has 0 radical (unpaired) electrons. The maximum Gasteiger partial charge on any atom is 0.334 e. The molecule has 36 heavy (non-hydrogen) atoms. The Kier molecular flexibility index (Phi) is 6.18. The van der Waals surface area contributed by atoms with Crippen molar-refractivity contribution in [3.8, 4) is 17.2 Å². The highest BCUT2D eigenvalue weighted by Crippen LogP contribution is 2.30. The van der Waals surface area contributed by atoms with Crippen LogP contribution in [0, 0.1) is 5.82 Å². The monoisotopic (exact) mass is 486 g/mol. The van der Waals surface area contributed by atoms with Gasteiger partial charge in [0.25, 0.3) is 0 Å². The molecule has 1 amide bonds. The second-order valence-electron chi connectivity index (χ2n) is 9.23. The second kappa shape index (κ2) is 9.45. The number of hydrogen-bond donors (Lipinski definition) is 0. The van der Waals surface area contributed by atoms with Crippen molar-refractivity contribution in [2.75, 3.05) is 13.1 Å². The van der Waals surface area contributed by atoms with Crippen molar-refractivity contribution in [2.24, 2.45) is 0 Å². The minimum absolute atomic E-state index is 0.0731. The maximum absolute atomic E-state index is 15.2. The van der Waals surface area contributed by atoms with Crippen molar-refractivity contribution in [2.45, 2.75) is 32.2 Å². The van der Waals surface area contributed by atoms with E-state index in [1.165, 1.54) is 22.8 Å². The molecule has 1 aliphatic heterocycles. The first-order valence-electron chi connectivity index (χ1n) is 11.9. The highest BCUT2D eigenvalue weighted by molar-refractivity contribution is 5.87. The number of pyridine rings is 1. The molecular formula is C28H27FN4O3. The smallest absolute Gasteiger partial charge is 0.334 e. The van der Waals surface area contributed by atoms with Crippen LogP contribution >= 0.6 is 0 Å². The number of nitrogens with zero attached hydrogens (tertiary/aromatic N) is 4. The van der Waals surface area contributed by atoms with E-state index in [2.05, 4.69) is 25.4 Å². The minimum Gasteiger partial charge on any atom is -0.454 e. The zero-order valence-corrected chi connectivity index (χ0v) is 20.2. The van der Waals surface area contributed by atoms with Crippen molar-refractivity contribution >= 4 is 16.9 Å². The highest BCUT2D eigenvalue weighted by atomic mass is 19.1. The molecule has 4 aromatic rings. The Morgan fingerprint density at radius 2 is 2.03 bits per heavy atom. The highest BCUT2D eigenvalue weighted by Gasteiger charge is 2.30. The van der Waals surface area contributed by atoms with Crippen LogP contribution in [-0.4, -0.2) is 38.0 Å². The number of amides is 1. The molecule has 7 nitrogen and oxygen atoms in total. The number of likely N-dealkylation sites (tertiary alicyclic amines) is 1. The molecule has 1 fully saturated rings. The van der Waals surface area contributed by atoms with Crippen LogP contribution in [0.3, 0.4) is 0 Å². The van der Waals surface area contributed by atoms with Gasteiger partial charge < -0.3 is 9.64 Å². The van der Waals surface area contributed by atoms with Crippen LogP contribution in [0.4, 0.5) is 4.39 Å². The van der Waals surface area contributed by atoms with Crippen molar-refractivity contribution < 1.29 is 13.9 Å². The Balaban J connectivity index is 1.51. The van der Waals surface area contributed by atoms with Gasteiger partial charge in [0.1, 0.15) is 5.75 Å². The Hall–Kier alpha value is -4.20. The van der Waals surface area contributed by atoms with Crippen LogP contribution in [0.25, 0.3) is 16.7 Å². The van der Waals surface area contributed by atoms with Crippen molar-refractivity contribution in [1.82, 2.24) is 19.0 Å². The summed E-state index contributed by atoms with van der Waals surface area (Å²) in [6.45, 7) is 8.66. The average molecular weight is 487 g/mol. The first-order valence-corrected chi connectivity index (χ1v) is 11.9. The third-order valence-corrected chi connectivity index (χ3v) is 6.62. The minimum atomic E-state index is -0.581. The summed E-state index contributed by atoms with van der Waals surface area (Å²) >= 11 is 0. The summed E-state index contributed by atoms with van der Waals surface area (Å²) in [5.41, 5.74) is 2.40. The summed E-state index contributed by atoms with van der Waals surface area (Å²) in [4.78, 5) is 31.6. The zero-order chi connectivity index (χ0) is 25.4. The van der Waals surface area contributed by atoms with E-state index in [0.29, 0.717) is 47.9 Å². The van der Waals surface area contributed by atoms with E-state index in [1.54, 1.807) is 40.1 Å². The summed E-state index contributed by atoms with van der Waals surface area (Å²) in [6.07, 6.45) is 5.13. The number of rotatable bonds is 6. The zero-order valence-electron chi connectivity index (χ0n) is 20.2. The third kappa shape index (κ3) is 4.19. The number of hydrogen-bond acceptors (Lipinski definition) is 4. The van der Waals surface area contributed by atoms with Gasteiger partial charge in [-0.1, -0.05) is 32.6 Å². The van der Waals surface area contributed by atoms with E-state index in [4.69, 9.17) is 4.74 Å². The van der Waals surface area contributed by atoms with Crippen molar-refractivity contribution in [1.29, 1.82) is 0 Å². The number of carbonyl (C=O) groups excluding carboxylic acids is 1. The number of imidazole rings is 1. The SMILES string of the molecule is C=CC(=O)N1CC[C@@H](n2c(=O)n(-c3ccc(Oc4cccc(C(C)C)c4)c(F)c3)c3cnccc32)C1. The van der Waals surface area contributed by atoms with Gasteiger partial charge in [-0.2, -0.15) is 0 Å². The maximum atomic E-state index is 15.2. The fourth-order valence-electron chi connectivity index (χ4n) is 4.73. The van der Waals surface area contributed by atoms with Gasteiger partial charge in [-0.3, -0.25) is 18.9 Å². The molecule has 5 rings (SSSR count). The molecule has 0 unspecified atom stereocenters. The van der Waals surface area contributed by atoms with Crippen LogP contribution < -0.4 is 10.4 Å². The Morgan fingerprint density at radius 3 is 2.78 bits per heavy atom. The topological polar surface area (TPSA) is 69.4 Å². The lowest BCUT2D eigenvalue weighted by molar-refractivity contribution is -0.125. The number of ether oxygens (including phenoxy) is 1. The van der Waals surface area contributed by atoms with Crippen LogP contribution in [-0.2, 0) is 4.79 Å².